The second-order valence-corrected chi connectivity index (χ2v) is 6.14. The van der Waals surface area contributed by atoms with Crippen LogP contribution in [-0.2, 0) is 4.79 Å². The zero-order valence-electron chi connectivity index (χ0n) is 13.2. The van der Waals surface area contributed by atoms with Crippen LogP contribution in [0.25, 0.3) is 0 Å². The van der Waals surface area contributed by atoms with E-state index in [9.17, 15) is 4.79 Å². The van der Waals surface area contributed by atoms with Crippen LogP contribution in [0.2, 0.25) is 5.02 Å². The summed E-state index contributed by atoms with van der Waals surface area (Å²) in [5, 5.41) is 3.46. The van der Waals surface area contributed by atoms with Crippen LogP contribution in [0, 0.1) is 0 Å². The molecule has 1 heterocycles. The summed E-state index contributed by atoms with van der Waals surface area (Å²) >= 11 is 6.03. The average molecular weight is 325 g/mol. The first-order valence-corrected chi connectivity index (χ1v) is 8.46. The SMILES string of the molecule is C[C@H](Oc1ccccc1Cl)C(=O)NCCN1CCCCCC1. The molecule has 1 amide bonds. The van der Waals surface area contributed by atoms with Crippen molar-refractivity contribution in [2.24, 2.45) is 0 Å². The Hall–Kier alpha value is -1.26. The normalized spacial score (nSPS) is 17.5. The van der Waals surface area contributed by atoms with Crippen LogP contribution in [0.5, 0.6) is 5.75 Å². The van der Waals surface area contributed by atoms with Crippen LogP contribution in [0.15, 0.2) is 24.3 Å². The van der Waals surface area contributed by atoms with Crippen LogP contribution in [0.3, 0.4) is 0 Å². The number of likely N-dealkylation sites (tertiary alicyclic amines) is 1. The fourth-order valence-corrected chi connectivity index (χ4v) is 2.81. The van der Waals surface area contributed by atoms with Gasteiger partial charge in [-0.2, -0.15) is 0 Å². The molecule has 0 aliphatic carbocycles. The first-order valence-electron chi connectivity index (χ1n) is 8.08. The number of nitrogens with zero attached hydrogens (tertiary/aromatic N) is 1. The maximum Gasteiger partial charge on any atom is 0.260 e. The minimum absolute atomic E-state index is 0.102. The Bertz CT molecular complexity index is 473. The number of ether oxygens (including phenoxy) is 1. The first-order chi connectivity index (χ1) is 10.7. The van der Waals surface area contributed by atoms with Crippen molar-refractivity contribution >= 4 is 17.5 Å². The molecular weight excluding hydrogens is 300 g/mol. The molecule has 1 aromatic rings. The number of para-hydroxylation sites is 1. The van der Waals surface area contributed by atoms with E-state index in [2.05, 4.69) is 10.2 Å². The quantitative estimate of drug-likeness (QED) is 0.874. The molecular formula is C17H25ClN2O2. The van der Waals surface area contributed by atoms with E-state index in [1.165, 1.54) is 25.7 Å². The molecule has 0 unspecified atom stereocenters. The van der Waals surface area contributed by atoms with Gasteiger partial charge in [-0.15, -0.1) is 0 Å². The lowest BCUT2D eigenvalue weighted by Gasteiger charge is -2.21. The van der Waals surface area contributed by atoms with Gasteiger partial charge in [-0.05, 0) is 45.0 Å². The highest BCUT2D eigenvalue weighted by Gasteiger charge is 2.16. The van der Waals surface area contributed by atoms with Gasteiger partial charge >= 0.3 is 0 Å². The van der Waals surface area contributed by atoms with E-state index in [-0.39, 0.29) is 5.91 Å². The van der Waals surface area contributed by atoms with Gasteiger partial charge in [0.05, 0.1) is 5.02 Å². The predicted molar refractivity (Wildman–Crippen MR) is 89.5 cm³/mol. The standard InChI is InChI=1S/C17H25ClN2O2/c1-14(22-16-9-5-4-8-15(16)18)17(21)19-10-13-20-11-6-2-3-7-12-20/h4-5,8-9,14H,2-3,6-7,10-13H2,1H3,(H,19,21)/t14-/m0/s1. The van der Waals surface area contributed by atoms with Crippen LogP contribution < -0.4 is 10.1 Å². The molecule has 1 aliphatic heterocycles. The molecule has 1 aromatic carbocycles. The molecule has 0 radical (unpaired) electrons. The smallest absolute Gasteiger partial charge is 0.260 e. The summed E-state index contributed by atoms with van der Waals surface area (Å²) in [6.07, 6.45) is 4.63. The number of halogens is 1. The summed E-state index contributed by atoms with van der Waals surface area (Å²) in [5.41, 5.74) is 0. The lowest BCUT2D eigenvalue weighted by atomic mass is 10.2. The van der Waals surface area contributed by atoms with Gasteiger partial charge in [0.15, 0.2) is 6.10 Å². The van der Waals surface area contributed by atoms with Gasteiger partial charge in [-0.3, -0.25) is 4.79 Å². The van der Waals surface area contributed by atoms with Gasteiger partial charge in [-0.25, -0.2) is 0 Å². The summed E-state index contributed by atoms with van der Waals surface area (Å²) in [6.45, 7) is 5.59. The van der Waals surface area contributed by atoms with Crippen molar-refractivity contribution in [2.45, 2.75) is 38.7 Å². The molecule has 1 aliphatic rings. The second-order valence-electron chi connectivity index (χ2n) is 5.74. The molecule has 1 fully saturated rings. The van der Waals surface area contributed by atoms with Crippen molar-refractivity contribution in [1.82, 2.24) is 10.2 Å². The summed E-state index contributed by atoms with van der Waals surface area (Å²) < 4.78 is 5.61. The number of carbonyl (C=O) groups is 1. The summed E-state index contributed by atoms with van der Waals surface area (Å²) in [5.74, 6) is 0.439. The van der Waals surface area contributed by atoms with E-state index in [1.54, 1.807) is 19.1 Å². The van der Waals surface area contributed by atoms with Crippen LogP contribution in [-0.4, -0.2) is 43.1 Å². The zero-order chi connectivity index (χ0) is 15.8. The largest absolute Gasteiger partial charge is 0.479 e. The van der Waals surface area contributed by atoms with Gasteiger partial charge in [0.2, 0.25) is 0 Å². The Morgan fingerprint density at radius 1 is 1.27 bits per heavy atom. The maximum absolute atomic E-state index is 12.1. The number of carbonyl (C=O) groups excluding carboxylic acids is 1. The highest BCUT2D eigenvalue weighted by molar-refractivity contribution is 6.32. The van der Waals surface area contributed by atoms with Crippen molar-refractivity contribution in [2.75, 3.05) is 26.2 Å². The fraction of sp³-hybridized carbons (Fsp3) is 0.588. The molecule has 4 nitrogen and oxygen atoms in total. The summed E-state index contributed by atoms with van der Waals surface area (Å²) in [6, 6.07) is 7.19. The van der Waals surface area contributed by atoms with E-state index >= 15 is 0 Å². The Balaban J connectivity index is 1.71. The lowest BCUT2D eigenvalue weighted by molar-refractivity contribution is -0.127. The summed E-state index contributed by atoms with van der Waals surface area (Å²) in [4.78, 5) is 14.5. The third-order valence-corrected chi connectivity index (χ3v) is 4.25. The second kappa shape index (κ2) is 9.01. The molecule has 122 valence electrons. The maximum atomic E-state index is 12.1. The van der Waals surface area contributed by atoms with Gasteiger partial charge < -0.3 is 15.0 Å². The fourth-order valence-electron chi connectivity index (χ4n) is 2.63. The zero-order valence-corrected chi connectivity index (χ0v) is 13.9. The first kappa shape index (κ1) is 17.1. The monoisotopic (exact) mass is 324 g/mol. The molecule has 1 atom stereocenters. The molecule has 1 N–H and O–H groups in total. The Morgan fingerprint density at radius 2 is 1.95 bits per heavy atom. The minimum atomic E-state index is -0.552. The number of nitrogens with one attached hydrogen (secondary N) is 1. The average Bonchev–Trinajstić information content (AvgIpc) is 2.78. The third kappa shape index (κ3) is 5.50. The van der Waals surface area contributed by atoms with Gasteiger partial charge in [0.25, 0.3) is 5.91 Å². The van der Waals surface area contributed by atoms with Gasteiger partial charge in [0.1, 0.15) is 5.75 Å². The highest BCUT2D eigenvalue weighted by atomic mass is 35.5. The Morgan fingerprint density at radius 3 is 2.64 bits per heavy atom. The van der Waals surface area contributed by atoms with Crippen molar-refractivity contribution in [3.63, 3.8) is 0 Å². The lowest BCUT2D eigenvalue weighted by Crippen LogP contribution is -2.41. The molecule has 22 heavy (non-hydrogen) atoms. The molecule has 0 aromatic heterocycles. The Kier molecular flexibility index (Phi) is 7.00. The number of amides is 1. The molecule has 0 spiro atoms. The molecule has 0 bridgehead atoms. The molecule has 1 saturated heterocycles. The Labute approximate surface area is 137 Å². The predicted octanol–water partition coefficient (Wildman–Crippen LogP) is 3.10. The van der Waals surface area contributed by atoms with E-state index in [1.807, 2.05) is 12.1 Å². The number of rotatable bonds is 6. The minimum Gasteiger partial charge on any atom is -0.479 e. The van der Waals surface area contributed by atoms with E-state index in [0.717, 1.165) is 19.6 Å². The molecule has 5 heteroatoms. The van der Waals surface area contributed by atoms with E-state index < -0.39 is 6.10 Å². The van der Waals surface area contributed by atoms with Gasteiger partial charge in [-0.1, -0.05) is 36.6 Å². The number of hydrogen-bond donors (Lipinski definition) is 1. The van der Waals surface area contributed by atoms with Crippen molar-refractivity contribution in [1.29, 1.82) is 0 Å². The van der Waals surface area contributed by atoms with E-state index in [4.69, 9.17) is 16.3 Å². The molecule has 0 saturated carbocycles. The number of hydrogen-bond acceptors (Lipinski definition) is 3. The van der Waals surface area contributed by atoms with E-state index in [0.29, 0.717) is 17.3 Å². The third-order valence-electron chi connectivity index (χ3n) is 3.94. The van der Waals surface area contributed by atoms with Crippen LogP contribution >= 0.6 is 11.6 Å². The van der Waals surface area contributed by atoms with Crippen molar-refractivity contribution < 1.29 is 9.53 Å². The van der Waals surface area contributed by atoms with Crippen molar-refractivity contribution in [3.05, 3.63) is 29.3 Å². The number of benzene rings is 1. The summed E-state index contributed by atoms with van der Waals surface area (Å²) in [7, 11) is 0. The highest BCUT2D eigenvalue weighted by Crippen LogP contribution is 2.24. The topological polar surface area (TPSA) is 41.6 Å². The van der Waals surface area contributed by atoms with Crippen LogP contribution in [0.4, 0.5) is 0 Å². The van der Waals surface area contributed by atoms with Crippen LogP contribution in [0.1, 0.15) is 32.6 Å². The molecule has 2 rings (SSSR count). The van der Waals surface area contributed by atoms with Crippen molar-refractivity contribution in [3.8, 4) is 5.75 Å². The van der Waals surface area contributed by atoms with Gasteiger partial charge in [0, 0.05) is 13.1 Å².